The van der Waals surface area contributed by atoms with Gasteiger partial charge in [-0.1, -0.05) is 44.2 Å². The van der Waals surface area contributed by atoms with Crippen molar-refractivity contribution >= 4 is 11.6 Å². The molecule has 2 aromatic carbocycles. The number of rotatable bonds is 5. The Morgan fingerprint density at radius 3 is 2.36 bits per heavy atom. The van der Waals surface area contributed by atoms with Gasteiger partial charge in [-0.2, -0.15) is 0 Å². The van der Waals surface area contributed by atoms with Crippen LogP contribution in [0.3, 0.4) is 0 Å². The number of para-hydroxylation sites is 2. The number of ether oxygens (including phenoxy) is 1. The fourth-order valence-electron chi connectivity index (χ4n) is 2.11. The van der Waals surface area contributed by atoms with Crippen LogP contribution in [0.4, 0.5) is 10.1 Å². The van der Waals surface area contributed by atoms with Crippen molar-refractivity contribution in [3.63, 3.8) is 0 Å². The lowest BCUT2D eigenvalue weighted by atomic mass is 10.0. The third-order valence-corrected chi connectivity index (χ3v) is 3.35. The first-order chi connectivity index (χ1) is 10.5. The van der Waals surface area contributed by atoms with Crippen LogP contribution < -0.4 is 10.1 Å². The molecule has 3 nitrogen and oxygen atoms in total. The molecule has 1 N–H and O–H groups in total. The number of carbonyl (C=O) groups is 1. The molecule has 1 amide bonds. The molecule has 22 heavy (non-hydrogen) atoms. The van der Waals surface area contributed by atoms with Crippen molar-refractivity contribution in [2.75, 3.05) is 5.32 Å². The number of amides is 1. The van der Waals surface area contributed by atoms with Gasteiger partial charge in [0.2, 0.25) is 0 Å². The first-order valence-corrected chi connectivity index (χ1v) is 7.30. The molecule has 116 valence electrons. The zero-order valence-electron chi connectivity index (χ0n) is 13.0. The predicted molar refractivity (Wildman–Crippen MR) is 85.7 cm³/mol. The van der Waals surface area contributed by atoms with Gasteiger partial charge in [-0.3, -0.25) is 4.79 Å². The van der Waals surface area contributed by atoms with E-state index in [0.717, 1.165) is 5.56 Å². The molecule has 0 aliphatic heterocycles. The van der Waals surface area contributed by atoms with E-state index in [4.69, 9.17) is 4.74 Å². The van der Waals surface area contributed by atoms with Gasteiger partial charge in [0.25, 0.3) is 5.91 Å². The Morgan fingerprint density at radius 2 is 1.68 bits per heavy atom. The molecule has 0 unspecified atom stereocenters. The lowest BCUT2D eigenvalue weighted by Gasteiger charge is -2.18. The van der Waals surface area contributed by atoms with E-state index in [9.17, 15) is 9.18 Å². The van der Waals surface area contributed by atoms with Gasteiger partial charge in [0, 0.05) is 0 Å². The summed E-state index contributed by atoms with van der Waals surface area (Å²) in [6.45, 7) is 5.77. The highest BCUT2D eigenvalue weighted by Crippen LogP contribution is 2.27. The van der Waals surface area contributed by atoms with E-state index >= 15 is 0 Å². The highest BCUT2D eigenvalue weighted by atomic mass is 19.1. The summed E-state index contributed by atoms with van der Waals surface area (Å²) in [5.41, 5.74) is 1.19. The van der Waals surface area contributed by atoms with Crippen molar-refractivity contribution in [3.05, 3.63) is 59.9 Å². The Bertz CT molecular complexity index is 655. The number of benzene rings is 2. The summed E-state index contributed by atoms with van der Waals surface area (Å²) < 4.78 is 19.3. The Hall–Kier alpha value is -2.36. The quantitative estimate of drug-likeness (QED) is 0.891. The minimum Gasteiger partial charge on any atom is -0.481 e. The molecule has 2 aromatic rings. The van der Waals surface area contributed by atoms with Crippen molar-refractivity contribution < 1.29 is 13.9 Å². The molecular formula is C18H20FNO2. The van der Waals surface area contributed by atoms with Gasteiger partial charge < -0.3 is 10.1 Å². The van der Waals surface area contributed by atoms with E-state index in [1.54, 1.807) is 19.1 Å². The summed E-state index contributed by atoms with van der Waals surface area (Å²) in [5.74, 6) is 0.112. The highest BCUT2D eigenvalue weighted by molar-refractivity contribution is 5.94. The minimum atomic E-state index is -0.723. The molecular weight excluding hydrogens is 281 g/mol. The highest BCUT2D eigenvalue weighted by Gasteiger charge is 2.18. The maximum absolute atomic E-state index is 13.6. The topological polar surface area (TPSA) is 38.3 Å². The van der Waals surface area contributed by atoms with E-state index in [2.05, 4.69) is 19.2 Å². The Labute approximate surface area is 130 Å². The van der Waals surface area contributed by atoms with E-state index in [1.807, 2.05) is 24.3 Å². The third kappa shape index (κ3) is 3.85. The SMILES string of the molecule is CC(C)c1ccccc1O[C@@H](C)C(=O)Nc1ccccc1F. The summed E-state index contributed by atoms with van der Waals surface area (Å²) in [6, 6.07) is 13.7. The van der Waals surface area contributed by atoms with Crippen LogP contribution in [0.1, 0.15) is 32.3 Å². The smallest absolute Gasteiger partial charge is 0.265 e. The molecule has 1 atom stereocenters. The Morgan fingerprint density at radius 1 is 1.05 bits per heavy atom. The summed E-state index contributed by atoms with van der Waals surface area (Å²) in [6.07, 6.45) is -0.723. The second-order valence-corrected chi connectivity index (χ2v) is 5.42. The molecule has 0 saturated carbocycles. The fourth-order valence-corrected chi connectivity index (χ4v) is 2.11. The van der Waals surface area contributed by atoms with E-state index in [1.165, 1.54) is 12.1 Å². The molecule has 0 aromatic heterocycles. The molecule has 0 bridgehead atoms. The van der Waals surface area contributed by atoms with E-state index < -0.39 is 11.9 Å². The zero-order chi connectivity index (χ0) is 16.1. The van der Waals surface area contributed by atoms with Gasteiger partial charge in [-0.05, 0) is 36.6 Å². The van der Waals surface area contributed by atoms with Crippen molar-refractivity contribution in [2.24, 2.45) is 0 Å². The van der Waals surface area contributed by atoms with Crippen LogP contribution in [-0.2, 0) is 4.79 Å². The summed E-state index contributed by atoms with van der Waals surface area (Å²) in [5, 5.41) is 2.54. The van der Waals surface area contributed by atoms with Crippen LogP contribution in [0.25, 0.3) is 0 Å². The first-order valence-electron chi connectivity index (χ1n) is 7.30. The number of nitrogens with one attached hydrogen (secondary N) is 1. The molecule has 0 radical (unpaired) electrons. The molecule has 0 heterocycles. The van der Waals surface area contributed by atoms with Crippen LogP contribution in [0.5, 0.6) is 5.75 Å². The van der Waals surface area contributed by atoms with Gasteiger partial charge in [0.1, 0.15) is 11.6 Å². The van der Waals surface area contributed by atoms with E-state index in [0.29, 0.717) is 5.75 Å². The molecule has 0 aliphatic carbocycles. The van der Waals surface area contributed by atoms with Crippen LogP contribution in [-0.4, -0.2) is 12.0 Å². The average Bonchev–Trinajstić information content (AvgIpc) is 2.49. The van der Waals surface area contributed by atoms with Crippen molar-refractivity contribution in [2.45, 2.75) is 32.8 Å². The van der Waals surface area contributed by atoms with Crippen LogP contribution in [0.15, 0.2) is 48.5 Å². The molecule has 0 spiro atoms. The van der Waals surface area contributed by atoms with Gasteiger partial charge in [0.05, 0.1) is 5.69 Å². The Balaban J connectivity index is 2.08. The number of hydrogen-bond acceptors (Lipinski definition) is 2. The fraction of sp³-hybridized carbons (Fsp3) is 0.278. The normalized spacial score (nSPS) is 12.0. The molecule has 0 fully saturated rings. The van der Waals surface area contributed by atoms with Gasteiger partial charge in [-0.25, -0.2) is 4.39 Å². The predicted octanol–water partition coefficient (Wildman–Crippen LogP) is 4.36. The van der Waals surface area contributed by atoms with Crippen LogP contribution >= 0.6 is 0 Å². The van der Waals surface area contributed by atoms with Crippen LogP contribution in [0, 0.1) is 5.82 Å². The second kappa shape index (κ2) is 7.07. The maximum Gasteiger partial charge on any atom is 0.265 e. The van der Waals surface area contributed by atoms with Crippen molar-refractivity contribution in [1.29, 1.82) is 0 Å². The molecule has 4 heteroatoms. The summed E-state index contributed by atoms with van der Waals surface area (Å²) >= 11 is 0. The van der Waals surface area contributed by atoms with Gasteiger partial charge >= 0.3 is 0 Å². The monoisotopic (exact) mass is 301 g/mol. The molecule has 0 saturated heterocycles. The number of hydrogen-bond donors (Lipinski definition) is 1. The molecule has 0 aliphatic rings. The van der Waals surface area contributed by atoms with E-state index in [-0.39, 0.29) is 17.5 Å². The summed E-state index contributed by atoms with van der Waals surface area (Å²) in [7, 11) is 0. The number of anilines is 1. The second-order valence-electron chi connectivity index (χ2n) is 5.42. The Kier molecular flexibility index (Phi) is 5.15. The first kappa shape index (κ1) is 16.0. The standard InChI is InChI=1S/C18H20FNO2/c1-12(2)14-8-4-7-11-17(14)22-13(3)18(21)20-16-10-6-5-9-15(16)19/h4-13H,1-3H3,(H,20,21)/t13-/m0/s1. The lowest BCUT2D eigenvalue weighted by Crippen LogP contribution is -2.30. The van der Waals surface area contributed by atoms with Crippen molar-refractivity contribution in [3.8, 4) is 5.75 Å². The van der Waals surface area contributed by atoms with Gasteiger partial charge in [-0.15, -0.1) is 0 Å². The number of carbonyl (C=O) groups excluding carboxylic acids is 1. The van der Waals surface area contributed by atoms with Crippen molar-refractivity contribution in [1.82, 2.24) is 0 Å². The largest absolute Gasteiger partial charge is 0.481 e. The zero-order valence-corrected chi connectivity index (χ0v) is 13.0. The minimum absolute atomic E-state index is 0.153. The van der Waals surface area contributed by atoms with Gasteiger partial charge in [0.15, 0.2) is 6.10 Å². The summed E-state index contributed by atoms with van der Waals surface area (Å²) in [4.78, 5) is 12.1. The average molecular weight is 301 g/mol. The van der Waals surface area contributed by atoms with Crippen LogP contribution in [0.2, 0.25) is 0 Å². The number of halogens is 1. The molecule has 2 rings (SSSR count). The maximum atomic E-state index is 13.6. The lowest BCUT2D eigenvalue weighted by molar-refractivity contribution is -0.122. The third-order valence-electron chi connectivity index (χ3n) is 3.35.